The first-order valence-corrected chi connectivity index (χ1v) is 16.0. The first kappa shape index (κ1) is 31.6. The Morgan fingerprint density at radius 1 is 1.22 bits per heavy atom. The van der Waals surface area contributed by atoms with E-state index < -0.39 is 34.2 Å². The molecule has 3 amide bonds. The third kappa shape index (κ3) is 5.36. The van der Waals surface area contributed by atoms with E-state index in [1.807, 2.05) is 52.0 Å². The van der Waals surface area contributed by atoms with Crippen molar-refractivity contribution in [3.8, 4) is 5.75 Å². The molecule has 41 heavy (non-hydrogen) atoms. The van der Waals surface area contributed by atoms with Gasteiger partial charge in [-0.1, -0.05) is 28.1 Å². The average Bonchev–Trinajstić information content (AvgIpc) is 3.52. The monoisotopic (exact) mass is 647 g/mol. The Labute approximate surface area is 256 Å². The maximum Gasteiger partial charge on any atom is 0.247 e. The van der Waals surface area contributed by atoms with Crippen LogP contribution in [0.2, 0.25) is 0 Å². The fourth-order valence-electron chi connectivity index (χ4n) is 6.68. The molecule has 3 aliphatic heterocycles. The smallest absolute Gasteiger partial charge is 0.247 e. The molecule has 1 N–H and O–H groups in total. The summed E-state index contributed by atoms with van der Waals surface area (Å²) in [7, 11) is 0. The van der Waals surface area contributed by atoms with Gasteiger partial charge in [-0.2, -0.15) is 0 Å². The highest BCUT2D eigenvalue weighted by Crippen LogP contribution is 2.68. The molecule has 8 nitrogen and oxygen atoms in total. The van der Waals surface area contributed by atoms with Gasteiger partial charge < -0.3 is 24.5 Å². The number of ether oxygens (including phenoxy) is 1. The third-order valence-electron chi connectivity index (χ3n) is 8.41. The normalized spacial score (nSPS) is 29.2. The molecule has 0 radical (unpaired) electrons. The maximum absolute atomic E-state index is 14.5. The molecule has 3 heterocycles. The second-order valence-corrected chi connectivity index (χ2v) is 14.7. The van der Waals surface area contributed by atoms with Gasteiger partial charge in [0.2, 0.25) is 17.7 Å². The van der Waals surface area contributed by atoms with Crippen molar-refractivity contribution in [3.63, 3.8) is 0 Å². The summed E-state index contributed by atoms with van der Waals surface area (Å²) in [6, 6.07) is 5.94. The van der Waals surface area contributed by atoms with Crippen LogP contribution in [0.15, 0.2) is 49.6 Å². The van der Waals surface area contributed by atoms with Crippen molar-refractivity contribution < 1.29 is 24.2 Å². The van der Waals surface area contributed by atoms with Crippen LogP contribution in [0.25, 0.3) is 0 Å². The minimum Gasteiger partial charge on any atom is -0.494 e. The largest absolute Gasteiger partial charge is 0.494 e. The summed E-state index contributed by atoms with van der Waals surface area (Å²) in [5.74, 6) is -1.21. The predicted octanol–water partition coefficient (Wildman–Crippen LogP) is 4.26. The molecule has 1 aromatic carbocycles. The highest BCUT2D eigenvalue weighted by atomic mass is 79.9. The fourth-order valence-corrected chi connectivity index (χ4v) is 10.3. The van der Waals surface area contributed by atoms with Gasteiger partial charge in [0, 0.05) is 34.4 Å². The van der Waals surface area contributed by atoms with Crippen LogP contribution in [0.1, 0.15) is 41.0 Å². The van der Waals surface area contributed by atoms with E-state index in [-0.39, 0.29) is 41.0 Å². The van der Waals surface area contributed by atoms with Crippen LogP contribution in [0.4, 0.5) is 5.69 Å². The first-order chi connectivity index (χ1) is 19.4. The topological polar surface area (TPSA) is 90.4 Å². The molecule has 7 atom stereocenters. The summed E-state index contributed by atoms with van der Waals surface area (Å²) in [5.41, 5.74) is 0.172. The SMILES string of the molecule is C=CCN(C(=O)[C@H]1[C@H]2C(=O)N([C@H](C)CO)C(C(=O)N(CC=C)C(C)(C)C)C23CC(Br)[C@@H]1S3)c1ccc(OCC)cc1. The Morgan fingerprint density at radius 3 is 2.39 bits per heavy atom. The number of fused-ring (bicyclic) bond motifs is 1. The molecule has 1 aromatic rings. The van der Waals surface area contributed by atoms with E-state index in [1.54, 1.807) is 45.5 Å². The number of aliphatic hydroxyl groups excluding tert-OH is 1. The molecule has 3 unspecified atom stereocenters. The Morgan fingerprint density at radius 2 is 1.85 bits per heavy atom. The Kier molecular flexibility index (Phi) is 9.36. The van der Waals surface area contributed by atoms with E-state index >= 15 is 0 Å². The number of rotatable bonds is 11. The average molecular weight is 649 g/mol. The van der Waals surface area contributed by atoms with E-state index in [2.05, 4.69) is 29.1 Å². The number of halogens is 1. The van der Waals surface area contributed by atoms with Crippen molar-refractivity contribution in [1.82, 2.24) is 9.80 Å². The van der Waals surface area contributed by atoms with Crippen LogP contribution < -0.4 is 9.64 Å². The van der Waals surface area contributed by atoms with Gasteiger partial charge in [0.1, 0.15) is 11.8 Å². The van der Waals surface area contributed by atoms with E-state index in [9.17, 15) is 19.5 Å². The summed E-state index contributed by atoms with van der Waals surface area (Å²) in [4.78, 5) is 48.2. The zero-order valence-corrected chi connectivity index (χ0v) is 27.0. The van der Waals surface area contributed by atoms with Crippen molar-refractivity contribution in [3.05, 3.63) is 49.6 Å². The number of thioether (sulfide) groups is 1. The van der Waals surface area contributed by atoms with Crippen LogP contribution in [0, 0.1) is 11.8 Å². The van der Waals surface area contributed by atoms with E-state index in [4.69, 9.17) is 4.74 Å². The number of hydrogen-bond acceptors (Lipinski definition) is 6. The van der Waals surface area contributed by atoms with Crippen molar-refractivity contribution in [1.29, 1.82) is 0 Å². The van der Waals surface area contributed by atoms with Gasteiger partial charge in [-0.15, -0.1) is 24.9 Å². The quantitative estimate of drug-likeness (QED) is 0.285. The molecule has 2 bridgehead atoms. The van der Waals surface area contributed by atoms with Crippen molar-refractivity contribution in [2.75, 3.05) is 31.2 Å². The van der Waals surface area contributed by atoms with Gasteiger partial charge in [-0.25, -0.2) is 0 Å². The van der Waals surface area contributed by atoms with Gasteiger partial charge >= 0.3 is 0 Å². The fraction of sp³-hybridized carbons (Fsp3) is 0.581. The minimum absolute atomic E-state index is 0.0569. The zero-order valence-electron chi connectivity index (χ0n) is 24.6. The van der Waals surface area contributed by atoms with Gasteiger partial charge in [0.25, 0.3) is 0 Å². The molecular weight excluding hydrogens is 606 g/mol. The molecule has 3 aliphatic rings. The number of alkyl halides is 1. The minimum atomic E-state index is -0.812. The number of benzene rings is 1. The Bertz CT molecular complexity index is 1190. The summed E-state index contributed by atoms with van der Waals surface area (Å²) in [5, 5.41) is 10.0. The van der Waals surface area contributed by atoms with Gasteiger partial charge in [0.05, 0.1) is 35.8 Å². The molecule has 0 aliphatic carbocycles. The molecule has 1 spiro atoms. The second kappa shape index (κ2) is 12.1. The molecule has 3 fully saturated rings. The van der Waals surface area contributed by atoms with Crippen molar-refractivity contribution >= 4 is 51.1 Å². The summed E-state index contributed by atoms with van der Waals surface area (Å²) in [6.07, 6.45) is 3.94. The molecule has 0 saturated carbocycles. The number of likely N-dealkylation sites (tertiary alicyclic amines) is 1. The molecule has 10 heteroatoms. The van der Waals surface area contributed by atoms with Crippen LogP contribution in [0.3, 0.4) is 0 Å². The molecule has 0 aromatic heterocycles. The van der Waals surface area contributed by atoms with E-state index in [0.29, 0.717) is 31.0 Å². The van der Waals surface area contributed by atoms with Crippen molar-refractivity contribution in [2.45, 2.75) is 73.5 Å². The Hall–Kier alpha value is -2.30. The number of hydrogen-bond donors (Lipinski definition) is 1. The lowest BCUT2D eigenvalue weighted by molar-refractivity contribution is -0.147. The Balaban J connectivity index is 1.79. The van der Waals surface area contributed by atoms with Crippen LogP contribution in [-0.4, -0.2) is 91.4 Å². The number of nitrogens with zero attached hydrogens (tertiary/aromatic N) is 3. The number of carbonyl (C=O) groups excluding carboxylic acids is 3. The molecule has 224 valence electrons. The first-order valence-electron chi connectivity index (χ1n) is 14.2. The van der Waals surface area contributed by atoms with E-state index in [1.165, 1.54) is 0 Å². The number of carbonyl (C=O) groups is 3. The lowest BCUT2D eigenvalue weighted by atomic mass is 9.70. The molecular formula is C31H42BrN3O5S. The number of anilines is 1. The standard InChI is InChI=1S/C31H42BrN3O5S/c1-8-15-33(20-11-13-21(14-12-20)40-10-3)27(37)23-24-28(38)35(19(4)18-36)26(31(24)17-22(32)25(23)41-31)29(39)34(16-9-2)30(5,6)7/h8-9,11-14,19,22-26,36H,1-2,10,15-18H2,3-7H3/t19-,22?,23+,24+,25+,26?,31?/m1/s1. The lowest BCUT2D eigenvalue weighted by Crippen LogP contribution is -2.60. The second-order valence-electron chi connectivity index (χ2n) is 12.0. The maximum atomic E-state index is 14.5. The summed E-state index contributed by atoms with van der Waals surface area (Å²) in [6.45, 7) is 18.1. The lowest BCUT2D eigenvalue weighted by Gasteiger charge is -2.43. The van der Waals surface area contributed by atoms with Gasteiger partial charge in [-0.3, -0.25) is 14.4 Å². The number of amides is 3. The summed E-state index contributed by atoms with van der Waals surface area (Å²) >= 11 is 5.43. The molecule has 4 rings (SSSR count). The van der Waals surface area contributed by atoms with Crippen LogP contribution >= 0.6 is 27.7 Å². The van der Waals surface area contributed by atoms with E-state index in [0.717, 1.165) is 0 Å². The zero-order chi connectivity index (χ0) is 30.3. The molecule has 3 saturated heterocycles. The highest BCUT2D eigenvalue weighted by molar-refractivity contribution is 9.09. The van der Waals surface area contributed by atoms with Crippen LogP contribution in [-0.2, 0) is 14.4 Å². The predicted molar refractivity (Wildman–Crippen MR) is 167 cm³/mol. The third-order valence-corrected chi connectivity index (χ3v) is 11.6. The van der Waals surface area contributed by atoms with Crippen molar-refractivity contribution in [2.24, 2.45) is 11.8 Å². The highest BCUT2D eigenvalue weighted by Gasteiger charge is 2.76. The summed E-state index contributed by atoms with van der Waals surface area (Å²) < 4.78 is 4.77. The number of aliphatic hydroxyl groups is 1. The van der Waals surface area contributed by atoms with Crippen LogP contribution in [0.5, 0.6) is 5.75 Å². The van der Waals surface area contributed by atoms with Gasteiger partial charge in [-0.05, 0) is 65.3 Å². The van der Waals surface area contributed by atoms with Gasteiger partial charge in [0.15, 0.2) is 0 Å².